The van der Waals surface area contributed by atoms with Gasteiger partial charge in [0.25, 0.3) is 11.6 Å². The Bertz CT molecular complexity index is 1060. The van der Waals surface area contributed by atoms with Crippen LogP contribution in [-0.4, -0.2) is 69.8 Å². The molecule has 2 fully saturated rings. The topological polar surface area (TPSA) is 106 Å². The van der Waals surface area contributed by atoms with Gasteiger partial charge in [0.1, 0.15) is 5.69 Å². The van der Waals surface area contributed by atoms with Crippen LogP contribution < -0.4 is 24.4 Å². The fourth-order valence-corrected chi connectivity index (χ4v) is 4.84. The van der Waals surface area contributed by atoms with Crippen LogP contribution in [0.5, 0.6) is 17.2 Å². The number of carbonyl (C=O) groups excluding carboxylic acids is 1. The highest BCUT2D eigenvalue weighted by atomic mass is 16.6. The van der Waals surface area contributed by atoms with Crippen molar-refractivity contribution < 1.29 is 23.9 Å². The Morgan fingerprint density at radius 3 is 2.29 bits per heavy atom. The Labute approximate surface area is 204 Å². The van der Waals surface area contributed by atoms with Crippen molar-refractivity contribution >= 4 is 17.3 Å². The van der Waals surface area contributed by atoms with E-state index < -0.39 is 0 Å². The average Bonchev–Trinajstić information content (AvgIpc) is 2.91. The van der Waals surface area contributed by atoms with Crippen LogP contribution in [0.2, 0.25) is 0 Å². The van der Waals surface area contributed by atoms with Gasteiger partial charge in [-0.1, -0.05) is 6.07 Å². The molecule has 10 nitrogen and oxygen atoms in total. The third-order valence-electron chi connectivity index (χ3n) is 6.67. The van der Waals surface area contributed by atoms with Crippen molar-refractivity contribution in [3.63, 3.8) is 0 Å². The number of benzene rings is 2. The number of amides is 1. The first-order valence-corrected chi connectivity index (χ1v) is 11.8. The molecule has 1 atom stereocenters. The number of rotatable bonds is 7. The molecule has 2 aliphatic rings. The number of piperidine rings is 1. The summed E-state index contributed by atoms with van der Waals surface area (Å²) in [5, 5.41) is 15.1. The number of methoxy groups -OCH3 is 3. The van der Waals surface area contributed by atoms with Gasteiger partial charge in [0, 0.05) is 44.4 Å². The van der Waals surface area contributed by atoms with E-state index >= 15 is 0 Å². The lowest BCUT2D eigenvalue weighted by Gasteiger charge is -2.35. The van der Waals surface area contributed by atoms with Gasteiger partial charge in [-0.15, -0.1) is 0 Å². The Balaban J connectivity index is 1.59. The number of piperazine rings is 1. The minimum Gasteiger partial charge on any atom is -0.493 e. The zero-order valence-corrected chi connectivity index (χ0v) is 20.4. The first-order valence-electron chi connectivity index (χ1n) is 11.8. The summed E-state index contributed by atoms with van der Waals surface area (Å²) < 4.78 is 16.2. The lowest BCUT2D eigenvalue weighted by atomic mass is 10.0. The van der Waals surface area contributed by atoms with Gasteiger partial charge < -0.3 is 29.3 Å². The van der Waals surface area contributed by atoms with Crippen molar-refractivity contribution in [2.45, 2.75) is 25.3 Å². The summed E-state index contributed by atoms with van der Waals surface area (Å²) in [6.07, 6.45) is 3.20. The summed E-state index contributed by atoms with van der Waals surface area (Å²) in [7, 11) is 4.55. The molecular formula is C25H32N4O6. The number of nitrogens with zero attached hydrogens (tertiary/aromatic N) is 3. The van der Waals surface area contributed by atoms with E-state index in [1.807, 2.05) is 6.07 Å². The maximum Gasteiger partial charge on any atom is 0.292 e. The number of carbonyl (C=O) groups is 1. The van der Waals surface area contributed by atoms with E-state index in [9.17, 15) is 14.9 Å². The molecule has 0 aliphatic carbocycles. The van der Waals surface area contributed by atoms with Gasteiger partial charge in [0.2, 0.25) is 5.75 Å². The molecule has 10 heteroatoms. The van der Waals surface area contributed by atoms with Crippen molar-refractivity contribution in [3.8, 4) is 17.2 Å². The maximum absolute atomic E-state index is 13.4. The molecule has 2 aliphatic heterocycles. The van der Waals surface area contributed by atoms with Crippen molar-refractivity contribution in [2.24, 2.45) is 0 Å². The van der Waals surface area contributed by atoms with Crippen LogP contribution in [-0.2, 0) is 0 Å². The fourth-order valence-electron chi connectivity index (χ4n) is 4.84. The largest absolute Gasteiger partial charge is 0.493 e. The molecule has 2 aromatic rings. The SMILES string of the molecule is COc1cc(C(=O)N2CCNC(c3ccc([N+](=O)[O-])c(N4CCCCC4)c3)C2)cc(OC)c1OC. The van der Waals surface area contributed by atoms with Gasteiger partial charge in [-0.05, 0) is 43.0 Å². The zero-order chi connectivity index (χ0) is 24.9. The Kier molecular flexibility index (Phi) is 7.60. The normalized spacial score (nSPS) is 18.2. The van der Waals surface area contributed by atoms with Crippen LogP contribution in [0.15, 0.2) is 30.3 Å². The molecule has 1 amide bonds. The summed E-state index contributed by atoms with van der Waals surface area (Å²) in [4.78, 5) is 28.7. The van der Waals surface area contributed by atoms with E-state index in [0.29, 0.717) is 48.1 Å². The third-order valence-corrected chi connectivity index (χ3v) is 6.67. The molecular weight excluding hydrogens is 452 g/mol. The summed E-state index contributed by atoms with van der Waals surface area (Å²) >= 11 is 0. The molecule has 2 aromatic carbocycles. The van der Waals surface area contributed by atoms with Crippen molar-refractivity contribution in [2.75, 3.05) is 59.0 Å². The number of nitro groups is 1. The predicted molar refractivity (Wildman–Crippen MR) is 132 cm³/mol. The van der Waals surface area contributed by atoms with E-state index in [1.165, 1.54) is 21.3 Å². The predicted octanol–water partition coefficient (Wildman–Crippen LogP) is 3.40. The summed E-state index contributed by atoms with van der Waals surface area (Å²) in [5.74, 6) is 1.13. The molecule has 1 unspecified atom stereocenters. The monoisotopic (exact) mass is 484 g/mol. The highest BCUT2D eigenvalue weighted by molar-refractivity contribution is 5.95. The molecule has 2 saturated heterocycles. The molecule has 2 heterocycles. The van der Waals surface area contributed by atoms with E-state index in [0.717, 1.165) is 37.9 Å². The Morgan fingerprint density at radius 1 is 1.00 bits per heavy atom. The molecule has 0 saturated carbocycles. The van der Waals surface area contributed by atoms with Crippen LogP contribution in [0.4, 0.5) is 11.4 Å². The second kappa shape index (κ2) is 10.8. The van der Waals surface area contributed by atoms with Gasteiger partial charge in [-0.3, -0.25) is 14.9 Å². The van der Waals surface area contributed by atoms with Crippen molar-refractivity contribution in [1.29, 1.82) is 0 Å². The second-order valence-electron chi connectivity index (χ2n) is 8.72. The Hall–Kier alpha value is -3.53. The third kappa shape index (κ3) is 5.12. The fraction of sp³-hybridized carbons (Fsp3) is 0.480. The molecule has 4 rings (SSSR count). The summed E-state index contributed by atoms with van der Waals surface area (Å²) in [5.41, 5.74) is 2.15. The van der Waals surface area contributed by atoms with E-state index in [-0.39, 0.29) is 22.6 Å². The Morgan fingerprint density at radius 2 is 1.69 bits per heavy atom. The highest BCUT2D eigenvalue weighted by Crippen LogP contribution is 2.39. The van der Waals surface area contributed by atoms with Crippen LogP contribution in [0.25, 0.3) is 0 Å². The smallest absolute Gasteiger partial charge is 0.292 e. The van der Waals surface area contributed by atoms with Crippen molar-refractivity contribution in [1.82, 2.24) is 10.2 Å². The van der Waals surface area contributed by atoms with Crippen LogP contribution in [0.1, 0.15) is 41.2 Å². The minimum absolute atomic E-state index is 0.122. The van der Waals surface area contributed by atoms with Gasteiger partial charge in [0.05, 0.1) is 32.3 Å². The van der Waals surface area contributed by atoms with Gasteiger partial charge >= 0.3 is 0 Å². The quantitative estimate of drug-likeness (QED) is 0.471. The van der Waals surface area contributed by atoms with Crippen LogP contribution in [0, 0.1) is 10.1 Å². The van der Waals surface area contributed by atoms with E-state index in [1.54, 1.807) is 29.2 Å². The van der Waals surface area contributed by atoms with Gasteiger partial charge in [0.15, 0.2) is 11.5 Å². The van der Waals surface area contributed by atoms with E-state index in [4.69, 9.17) is 14.2 Å². The first-order chi connectivity index (χ1) is 17.0. The summed E-state index contributed by atoms with van der Waals surface area (Å²) in [6.45, 7) is 3.21. The number of nitrogens with one attached hydrogen (secondary N) is 1. The molecule has 0 spiro atoms. The second-order valence-corrected chi connectivity index (χ2v) is 8.72. The number of ether oxygens (including phenoxy) is 3. The van der Waals surface area contributed by atoms with Gasteiger partial charge in [-0.2, -0.15) is 0 Å². The molecule has 0 bridgehead atoms. The zero-order valence-electron chi connectivity index (χ0n) is 20.4. The van der Waals surface area contributed by atoms with Crippen LogP contribution in [0.3, 0.4) is 0 Å². The van der Waals surface area contributed by atoms with E-state index in [2.05, 4.69) is 10.2 Å². The molecule has 35 heavy (non-hydrogen) atoms. The highest BCUT2D eigenvalue weighted by Gasteiger charge is 2.29. The van der Waals surface area contributed by atoms with Crippen LogP contribution >= 0.6 is 0 Å². The maximum atomic E-state index is 13.4. The van der Waals surface area contributed by atoms with Crippen molar-refractivity contribution in [3.05, 3.63) is 51.6 Å². The lowest BCUT2D eigenvalue weighted by Crippen LogP contribution is -2.48. The number of anilines is 1. The summed E-state index contributed by atoms with van der Waals surface area (Å²) in [6, 6.07) is 8.45. The molecule has 0 aromatic heterocycles. The molecule has 188 valence electrons. The standard InChI is InChI=1S/C25H32N4O6/c1-33-22-14-18(15-23(34-2)24(22)35-3)25(30)28-12-9-26-19(16-28)17-7-8-20(29(31)32)21(13-17)27-10-5-4-6-11-27/h7-8,13-15,19,26H,4-6,9-12,16H2,1-3H3. The number of hydrogen-bond acceptors (Lipinski definition) is 8. The minimum atomic E-state index is -0.317. The van der Waals surface area contributed by atoms with Gasteiger partial charge in [-0.25, -0.2) is 0 Å². The lowest BCUT2D eigenvalue weighted by molar-refractivity contribution is -0.384. The molecule has 1 N–H and O–H groups in total. The number of hydrogen-bond donors (Lipinski definition) is 1. The molecule has 0 radical (unpaired) electrons. The first kappa shape index (κ1) is 24.6. The number of nitro benzene ring substituents is 1. The average molecular weight is 485 g/mol.